The summed E-state index contributed by atoms with van der Waals surface area (Å²) in [6, 6.07) is 10.6. The second kappa shape index (κ2) is 9.83. The van der Waals surface area contributed by atoms with Gasteiger partial charge in [-0.15, -0.1) is 0 Å². The number of carbonyl (C=O) groups excluding carboxylic acids is 1. The highest BCUT2D eigenvalue weighted by atomic mass is 31.2. The fourth-order valence-corrected chi connectivity index (χ4v) is 5.27. The number of hydrogen-bond donors (Lipinski definition) is 3. The van der Waals surface area contributed by atoms with Crippen molar-refractivity contribution in [2.24, 2.45) is 0 Å². The highest BCUT2D eigenvalue weighted by molar-refractivity contribution is 7.62. The van der Waals surface area contributed by atoms with Crippen LogP contribution in [0, 0.1) is 13.8 Å². The van der Waals surface area contributed by atoms with Crippen LogP contribution in [0.25, 0.3) is 0 Å². The quantitative estimate of drug-likeness (QED) is 0.403. The first-order valence-corrected chi connectivity index (χ1v) is 12.2. The molecular weight excluding hydrogens is 449 g/mol. The van der Waals surface area contributed by atoms with Crippen LogP contribution < -0.4 is 27.6 Å². The van der Waals surface area contributed by atoms with Gasteiger partial charge in [-0.1, -0.05) is 18.2 Å². The molecule has 1 aromatic carbocycles. The Kier molecular flexibility index (Phi) is 7.13. The van der Waals surface area contributed by atoms with E-state index in [1.807, 2.05) is 0 Å². The molecule has 1 amide bonds. The maximum absolute atomic E-state index is 13.7. The molecule has 0 aliphatic heterocycles. The van der Waals surface area contributed by atoms with Gasteiger partial charge in [-0.2, -0.15) is 0 Å². The van der Waals surface area contributed by atoms with E-state index in [0.717, 1.165) is 9.13 Å². The molecule has 12 heteroatoms. The number of aromatic nitrogens is 4. The van der Waals surface area contributed by atoms with Crippen molar-refractivity contribution in [2.45, 2.75) is 26.9 Å². The van der Waals surface area contributed by atoms with Gasteiger partial charge in [0.25, 0.3) is 17.0 Å². The number of carbonyl (C=O) groups is 1. The minimum absolute atomic E-state index is 0.222. The van der Waals surface area contributed by atoms with Crippen molar-refractivity contribution < 1.29 is 9.36 Å². The van der Waals surface area contributed by atoms with Crippen molar-refractivity contribution in [2.75, 3.05) is 12.3 Å². The maximum atomic E-state index is 13.7. The van der Waals surface area contributed by atoms with Crippen LogP contribution in [0.5, 0.6) is 0 Å². The summed E-state index contributed by atoms with van der Waals surface area (Å²) in [5.74, 6) is -0.603. The third-order valence-corrected chi connectivity index (χ3v) is 7.48. The maximum Gasteiger partial charge on any atom is 0.328 e. The summed E-state index contributed by atoms with van der Waals surface area (Å²) in [4.78, 5) is 66.4. The Morgan fingerprint density at radius 1 is 0.848 bits per heavy atom. The van der Waals surface area contributed by atoms with Gasteiger partial charge in [-0.05, 0) is 26.0 Å². The van der Waals surface area contributed by atoms with Gasteiger partial charge in [0.05, 0.1) is 0 Å². The number of nitrogens with one attached hydrogen (secondary N) is 3. The lowest BCUT2D eigenvalue weighted by molar-refractivity contribution is 0.0980. The molecule has 0 fully saturated rings. The molecule has 0 saturated heterocycles. The number of benzene rings is 1. The van der Waals surface area contributed by atoms with Crippen LogP contribution in [0.3, 0.4) is 0 Å². The Labute approximate surface area is 187 Å². The van der Waals surface area contributed by atoms with Gasteiger partial charge in [0.1, 0.15) is 0 Å². The van der Waals surface area contributed by atoms with Crippen LogP contribution in [-0.4, -0.2) is 37.3 Å². The molecule has 3 rings (SSSR count). The van der Waals surface area contributed by atoms with Crippen molar-refractivity contribution >= 4 is 13.2 Å². The average molecular weight is 473 g/mol. The lowest BCUT2D eigenvalue weighted by Gasteiger charge is -2.20. The minimum atomic E-state index is -3.60. The van der Waals surface area contributed by atoms with Crippen LogP contribution >= 0.6 is 7.29 Å². The molecule has 3 N–H and O–H groups in total. The van der Waals surface area contributed by atoms with Crippen molar-refractivity contribution in [1.82, 2.24) is 24.2 Å². The molecule has 2 heterocycles. The summed E-state index contributed by atoms with van der Waals surface area (Å²) in [6.45, 7) is 2.68. The lowest BCUT2D eigenvalue weighted by atomic mass is 10.2. The predicted octanol–water partition coefficient (Wildman–Crippen LogP) is 0.412. The van der Waals surface area contributed by atoms with E-state index < -0.39 is 35.7 Å². The highest BCUT2D eigenvalue weighted by Crippen LogP contribution is 2.41. The number of nitrogens with zero attached hydrogens (tertiary/aromatic N) is 2. The molecular formula is C21H24N5O6P. The summed E-state index contributed by atoms with van der Waals surface area (Å²) in [5, 5.41) is 2.51. The zero-order chi connectivity index (χ0) is 24.2. The Bertz CT molecular complexity index is 1310. The SMILES string of the molecule is Cc1cc(=O)n(CCP(=O)(CCn2c(=O)cc(C)[nH]c2=O)NC(=O)c2ccccc2)c(=O)[nH]1. The van der Waals surface area contributed by atoms with Crippen molar-refractivity contribution in [3.63, 3.8) is 0 Å². The molecule has 0 spiro atoms. The highest BCUT2D eigenvalue weighted by Gasteiger charge is 2.26. The summed E-state index contributed by atoms with van der Waals surface area (Å²) in [7, 11) is -3.60. The van der Waals surface area contributed by atoms with Gasteiger partial charge in [0, 0.05) is 54.5 Å². The molecule has 33 heavy (non-hydrogen) atoms. The third-order valence-electron chi connectivity index (χ3n) is 5.02. The van der Waals surface area contributed by atoms with Crippen LogP contribution in [-0.2, 0) is 17.7 Å². The van der Waals surface area contributed by atoms with Crippen LogP contribution in [0.15, 0.2) is 61.6 Å². The Morgan fingerprint density at radius 2 is 1.30 bits per heavy atom. The van der Waals surface area contributed by atoms with Crippen LogP contribution in [0.4, 0.5) is 0 Å². The first kappa shape index (κ1) is 23.9. The van der Waals surface area contributed by atoms with Crippen LogP contribution in [0.1, 0.15) is 21.7 Å². The van der Waals surface area contributed by atoms with Gasteiger partial charge in [0.15, 0.2) is 7.29 Å². The molecule has 0 atom stereocenters. The second-order valence-corrected chi connectivity index (χ2v) is 10.5. The van der Waals surface area contributed by atoms with E-state index in [1.54, 1.807) is 44.2 Å². The fourth-order valence-electron chi connectivity index (χ4n) is 3.28. The number of aromatic amines is 2. The Balaban J connectivity index is 1.89. The number of H-pyrrole nitrogens is 2. The monoisotopic (exact) mass is 473 g/mol. The number of amides is 1. The van der Waals surface area contributed by atoms with Gasteiger partial charge in [-0.25, -0.2) is 9.59 Å². The molecule has 2 aromatic heterocycles. The van der Waals surface area contributed by atoms with Gasteiger partial charge in [0.2, 0.25) is 0 Å². The molecule has 11 nitrogen and oxygen atoms in total. The summed E-state index contributed by atoms with van der Waals surface area (Å²) in [5.41, 5.74) is -1.40. The smallest absolute Gasteiger partial charge is 0.311 e. The van der Waals surface area contributed by atoms with Crippen molar-refractivity contribution in [3.8, 4) is 0 Å². The zero-order valence-corrected chi connectivity index (χ0v) is 19.1. The molecule has 0 aliphatic rings. The molecule has 0 radical (unpaired) electrons. The number of aryl methyl sites for hydroxylation is 2. The molecule has 3 aromatic rings. The Hall–Kier alpha value is -3.72. The molecule has 0 bridgehead atoms. The molecule has 0 saturated carbocycles. The summed E-state index contributed by atoms with van der Waals surface area (Å²) in [6.07, 6.45) is -0.452. The van der Waals surface area contributed by atoms with Gasteiger partial charge in [-0.3, -0.25) is 23.5 Å². The van der Waals surface area contributed by atoms with E-state index >= 15 is 0 Å². The van der Waals surface area contributed by atoms with E-state index in [1.165, 1.54) is 12.1 Å². The van der Waals surface area contributed by atoms with Crippen LogP contribution in [0.2, 0.25) is 0 Å². The first-order chi connectivity index (χ1) is 15.6. The van der Waals surface area contributed by atoms with E-state index in [-0.39, 0.29) is 31.0 Å². The number of rotatable bonds is 8. The fraction of sp³-hybridized carbons (Fsp3) is 0.286. The largest absolute Gasteiger partial charge is 0.328 e. The van der Waals surface area contributed by atoms with E-state index in [2.05, 4.69) is 15.1 Å². The minimum Gasteiger partial charge on any atom is -0.311 e. The normalized spacial score (nSPS) is 11.3. The van der Waals surface area contributed by atoms with E-state index in [0.29, 0.717) is 11.4 Å². The average Bonchev–Trinajstić information content (AvgIpc) is 2.72. The second-order valence-electron chi connectivity index (χ2n) is 7.64. The molecule has 0 unspecified atom stereocenters. The van der Waals surface area contributed by atoms with E-state index in [9.17, 15) is 28.5 Å². The van der Waals surface area contributed by atoms with Crippen molar-refractivity contribution in [3.05, 3.63) is 101 Å². The third kappa shape index (κ3) is 5.95. The Morgan fingerprint density at radius 3 is 1.73 bits per heavy atom. The topological polar surface area (TPSA) is 156 Å². The lowest BCUT2D eigenvalue weighted by Crippen LogP contribution is -2.38. The van der Waals surface area contributed by atoms with Crippen molar-refractivity contribution in [1.29, 1.82) is 0 Å². The first-order valence-electron chi connectivity index (χ1n) is 10.2. The number of hydrogen-bond acceptors (Lipinski definition) is 6. The van der Waals surface area contributed by atoms with Gasteiger partial charge >= 0.3 is 11.4 Å². The standard InChI is InChI=1S/C21H24N5O6P/c1-14-12-17(27)25(20(30)22-14)8-10-33(32,24-19(29)16-6-4-3-5-7-16)11-9-26-18(28)13-15(2)23-21(26)31/h3-7,12-13H,8-11H2,1-2H3,(H,22,30)(H,23,31)(H,24,29,32). The summed E-state index contributed by atoms with van der Waals surface area (Å²) >= 11 is 0. The molecule has 0 aliphatic carbocycles. The van der Waals surface area contributed by atoms with Gasteiger partial charge < -0.3 is 19.6 Å². The van der Waals surface area contributed by atoms with E-state index in [4.69, 9.17) is 0 Å². The molecule has 174 valence electrons. The predicted molar refractivity (Wildman–Crippen MR) is 123 cm³/mol. The zero-order valence-electron chi connectivity index (χ0n) is 18.2. The summed E-state index contributed by atoms with van der Waals surface area (Å²) < 4.78 is 15.5.